The maximum Gasteiger partial charge on any atom is 0.137 e. The zero-order valence-electron chi connectivity index (χ0n) is 10.1. The topological polar surface area (TPSA) is 90.3 Å². The van der Waals surface area contributed by atoms with Crippen molar-refractivity contribution in [3.8, 4) is 6.07 Å². The molecule has 0 bridgehead atoms. The van der Waals surface area contributed by atoms with Gasteiger partial charge in [0, 0.05) is 18.7 Å². The van der Waals surface area contributed by atoms with E-state index < -0.39 is 0 Å². The number of anilines is 1. The summed E-state index contributed by atoms with van der Waals surface area (Å²) < 4.78 is 0. The number of nitriles is 1. The van der Waals surface area contributed by atoms with E-state index in [0.717, 1.165) is 36.7 Å². The maximum absolute atomic E-state index is 8.86. The number of rotatable bonds is 5. The lowest BCUT2D eigenvalue weighted by Gasteiger charge is -2.06. The number of nitrogens with one attached hydrogen (secondary N) is 2. The fourth-order valence-electron chi connectivity index (χ4n) is 1.65. The van der Waals surface area contributed by atoms with Crippen LogP contribution in [0.4, 0.5) is 5.82 Å². The summed E-state index contributed by atoms with van der Waals surface area (Å²) in [6, 6.07) is 5.63. The van der Waals surface area contributed by atoms with Crippen molar-refractivity contribution in [2.24, 2.45) is 0 Å². The summed E-state index contributed by atoms with van der Waals surface area (Å²) in [5.41, 5.74) is 1.46. The summed E-state index contributed by atoms with van der Waals surface area (Å²) in [6.07, 6.45) is 3.26. The van der Waals surface area contributed by atoms with Crippen LogP contribution in [0.1, 0.15) is 23.5 Å². The number of hydrogen-bond acceptors (Lipinski definition) is 5. The van der Waals surface area contributed by atoms with Crippen molar-refractivity contribution in [2.45, 2.75) is 19.8 Å². The third-order valence-electron chi connectivity index (χ3n) is 2.44. The highest BCUT2D eigenvalue weighted by Gasteiger charge is 2.00. The molecule has 92 valence electrons. The molecule has 0 unspecified atom stereocenters. The molecule has 6 heteroatoms. The Balaban J connectivity index is 1.83. The zero-order chi connectivity index (χ0) is 12.8. The van der Waals surface area contributed by atoms with Gasteiger partial charge in [-0.2, -0.15) is 10.4 Å². The van der Waals surface area contributed by atoms with E-state index in [1.165, 1.54) is 6.33 Å². The Morgan fingerprint density at radius 3 is 3.06 bits per heavy atom. The average molecular weight is 242 g/mol. The van der Waals surface area contributed by atoms with Crippen molar-refractivity contribution in [1.82, 2.24) is 20.2 Å². The Bertz CT molecular complexity index is 540. The number of aromatic nitrogens is 4. The minimum Gasteiger partial charge on any atom is -0.370 e. The smallest absolute Gasteiger partial charge is 0.137 e. The fraction of sp³-hybridized carbons (Fsp3) is 0.333. The van der Waals surface area contributed by atoms with Crippen molar-refractivity contribution < 1.29 is 0 Å². The predicted molar refractivity (Wildman–Crippen MR) is 66.9 cm³/mol. The van der Waals surface area contributed by atoms with Crippen LogP contribution in [0.15, 0.2) is 18.5 Å². The van der Waals surface area contributed by atoms with E-state index in [0.29, 0.717) is 5.56 Å². The molecule has 2 aromatic rings. The minimum atomic E-state index is 0.625. The highest BCUT2D eigenvalue weighted by Crippen LogP contribution is 2.09. The lowest BCUT2D eigenvalue weighted by atomic mass is 10.2. The van der Waals surface area contributed by atoms with E-state index >= 15 is 0 Å². The van der Waals surface area contributed by atoms with Gasteiger partial charge in [-0.05, 0) is 25.5 Å². The Kier molecular flexibility index (Phi) is 3.86. The molecule has 0 radical (unpaired) electrons. The van der Waals surface area contributed by atoms with Gasteiger partial charge in [0.15, 0.2) is 0 Å². The van der Waals surface area contributed by atoms with Gasteiger partial charge in [0.05, 0.1) is 11.6 Å². The molecule has 0 fully saturated rings. The molecule has 0 atom stereocenters. The third kappa shape index (κ3) is 3.28. The molecule has 0 saturated heterocycles. The lowest BCUT2D eigenvalue weighted by Crippen LogP contribution is -2.06. The van der Waals surface area contributed by atoms with E-state index in [1.807, 2.05) is 6.92 Å². The Morgan fingerprint density at radius 1 is 1.44 bits per heavy atom. The second kappa shape index (κ2) is 5.77. The number of pyridine rings is 1. The van der Waals surface area contributed by atoms with Gasteiger partial charge in [-0.3, -0.25) is 5.10 Å². The van der Waals surface area contributed by atoms with Crippen LogP contribution in [0.25, 0.3) is 0 Å². The molecule has 0 aliphatic rings. The first-order valence-electron chi connectivity index (χ1n) is 5.75. The lowest BCUT2D eigenvalue weighted by molar-refractivity contribution is 0.803. The normalized spacial score (nSPS) is 10.0. The Hall–Kier alpha value is -2.42. The van der Waals surface area contributed by atoms with Crippen LogP contribution in [0, 0.1) is 18.3 Å². The van der Waals surface area contributed by atoms with Crippen LogP contribution in [-0.2, 0) is 6.42 Å². The molecule has 0 aliphatic heterocycles. The highest BCUT2D eigenvalue weighted by molar-refractivity contribution is 5.44. The molecular formula is C12H14N6. The summed E-state index contributed by atoms with van der Waals surface area (Å²) >= 11 is 0. The number of hydrogen-bond donors (Lipinski definition) is 2. The summed E-state index contributed by atoms with van der Waals surface area (Å²) in [5.74, 6) is 1.62. The molecule has 18 heavy (non-hydrogen) atoms. The molecule has 0 aliphatic carbocycles. The zero-order valence-corrected chi connectivity index (χ0v) is 10.1. The number of nitrogens with zero attached hydrogens (tertiary/aromatic N) is 4. The van der Waals surface area contributed by atoms with E-state index in [1.54, 1.807) is 12.1 Å². The monoisotopic (exact) mass is 242 g/mol. The van der Waals surface area contributed by atoms with Crippen molar-refractivity contribution in [3.05, 3.63) is 35.5 Å². The molecule has 0 amide bonds. The van der Waals surface area contributed by atoms with Gasteiger partial charge >= 0.3 is 0 Å². The second-order valence-corrected chi connectivity index (χ2v) is 3.96. The Labute approximate surface area is 105 Å². The number of aryl methyl sites for hydroxylation is 2. The van der Waals surface area contributed by atoms with Crippen LogP contribution in [-0.4, -0.2) is 26.7 Å². The molecule has 2 N–H and O–H groups in total. The standard InChI is InChI=1S/C12H14N6/c1-9-5-10(7-13)6-12(17-9)14-4-2-3-11-15-8-16-18-11/h5-6,8H,2-4H2,1H3,(H,14,17)(H,15,16,18). The van der Waals surface area contributed by atoms with Gasteiger partial charge in [0.1, 0.15) is 18.0 Å². The third-order valence-corrected chi connectivity index (χ3v) is 2.44. The van der Waals surface area contributed by atoms with Gasteiger partial charge in [-0.1, -0.05) is 0 Å². The first-order chi connectivity index (χ1) is 8.78. The Morgan fingerprint density at radius 2 is 2.33 bits per heavy atom. The first kappa shape index (κ1) is 12.0. The summed E-state index contributed by atoms with van der Waals surface area (Å²) in [5, 5.41) is 18.7. The van der Waals surface area contributed by atoms with Crippen LogP contribution in [0.5, 0.6) is 0 Å². The molecule has 6 nitrogen and oxygen atoms in total. The highest BCUT2D eigenvalue weighted by atomic mass is 15.2. The van der Waals surface area contributed by atoms with Gasteiger partial charge in [0.2, 0.25) is 0 Å². The summed E-state index contributed by atoms with van der Waals surface area (Å²) in [6.45, 7) is 2.66. The fourth-order valence-corrected chi connectivity index (χ4v) is 1.65. The summed E-state index contributed by atoms with van der Waals surface area (Å²) in [4.78, 5) is 8.37. The van der Waals surface area contributed by atoms with Crippen LogP contribution >= 0.6 is 0 Å². The quantitative estimate of drug-likeness (QED) is 0.774. The van der Waals surface area contributed by atoms with Crippen molar-refractivity contribution in [2.75, 3.05) is 11.9 Å². The van der Waals surface area contributed by atoms with Crippen LogP contribution in [0.2, 0.25) is 0 Å². The minimum absolute atomic E-state index is 0.625. The first-order valence-corrected chi connectivity index (χ1v) is 5.75. The van der Waals surface area contributed by atoms with Gasteiger partial charge < -0.3 is 5.32 Å². The number of H-pyrrole nitrogens is 1. The molecule has 0 spiro atoms. The second-order valence-electron chi connectivity index (χ2n) is 3.96. The number of aromatic amines is 1. The van der Waals surface area contributed by atoms with E-state index in [-0.39, 0.29) is 0 Å². The maximum atomic E-state index is 8.86. The van der Waals surface area contributed by atoms with Crippen LogP contribution in [0.3, 0.4) is 0 Å². The van der Waals surface area contributed by atoms with Gasteiger partial charge in [0.25, 0.3) is 0 Å². The average Bonchev–Trinajstić information content (AvgIpc) is 2.87. The molecule has 0 aromatic carbocycles. The molecule has 2 aromatic heterocycles. The van der Waals surface area contributed by atoms with E-state index in [4.69, 9.17) is 5.26 Å². The largest absolute Gasteiger partial charge is 0.370 e. The molecule has 2 rings (SSSR count). The van der Waals surface area contributed by atoms with Gasteiger partial charge in [-0.15, -0.1) is 0 Å². The van der Waals surface area contributed by atoms with E-state index in [2.05, 4.69) is 31.6 Å². The van der Waals surface area contributed by atoms with Crippen molar-refractivity contribution >= 4 is 5.82 Å². The molecule has 2 heterocycles. The summed E-state index contributed by atoms with van der Waals surface area (Å²) in [7, 11) is 0. The van der Waals surface area contributed by atoms with Gasteiger partial charge in [-0.25, -0.2) is 9.97 Å². The molecular weight excluding hydrogens is 228 g/mol. The predicted octanol–water partition coefficient (Wildman–Crippen LogP) is 1.42. The van der Waals surface area contributed by atoms with Crippen LogP contribution < -0.4 is 5.32 Å². The molecule has 0 saturated carbocycles. The van der Waals surface area contributed by atoms with Crippen molar-refractivity contribution in [3.63, 3.8) is 0 Å². The van der Waals surface area contributed by atoms with Crippen molar-refractivity contribution in [1.29, 1.82) is 5.26 Å². The SMILES string of the molecule is Cc1cc(C#N)cc(NCCCc2ncn[nH]2)n1. The van der Waals surface area contributed by atoms with E-state index in [9.17, 15) is 0 Å².